The van der Waals surface area contributed by atoms with Crippen LogP contribution in [0.4, 0.5) is 0 Å². The van der Waals surface area contributed by atoms with Gasteiger partial charge in [-0.25, -0.2) is 0 Å². The fourth-order valence-corrected chi connectivity index (χ4v) is 0. The fraction of sp³-hybridized carbons (Fsp3) is 0. The molecule has 0 unspecified atom stereocenters. The van der Waals surface area contributed by atoms with Crippen molar-refractivity contribution in [2.45, 2.75) is 0 Å². The van der Waals surface area contributed by atoms with Gasteiger partial charge in [-0.1, -0.05) is 0 Å². The van der Waals surface area contributed by atoms with Gasteiger partial charge < -0.3 is 29.2 Å². The third-order valence-electron chi connectivity index (χ3n) is 0. The van der Waals surface area contributed by atoms with Gasteiger partial charge in [0, 0.05) is 0 Å². The summed E-state index contributed by atoms with van der Waals surface area (Å²) in [6.45, 7) is 0. The smallest absolute Gasteiger partial charge is 1.00 e. The molecule has 10 heteroatoms. The van der Waals surface area contributed by atoms with Crippen molar-refractivity contribution in [1.82, 2.24) is 0 Å². The van der Waals surface area contributed by atoms with Crippen molar-refractivity contribution in [1.29, 1.82) is 0 Å². The topological polar surface area (TPSA) is 80.9 Å². The van der Waals surface area contributed by atoms with Gasteiger partial charge in [-0.05, 0) is 0 Å². The predicted octanol–water partition coefficient (Wildman–Crippen LogP) is -7.14. The van der Waals surface area contributed by atoms with Crippen LogP contribution in [0.25, 0.3) is 0 Å². The SMILES string of the molecule is O[Si](O)(O)O.[AlH3].[Ba+2].[Ca+2].[H-].[H-].[H-].[H-].[H-].[H-].[H-].[Na+].[Sr+2]. The summed E-state index contributed by atoms with van der Waals surface area (Å²) >= 11 is 0. The van der Waals surface area contributed by atoms with E-state index >= 15 is 0 Å². The molecule has 10 heavy (non-hydrogen) atoms. The van der Waals surface area contributed by atoms with Crippen LogP contribution < -0.4 is 29.6 Å². The molecule has 0 saturated carbocycles. The molecule has 0 aliphatic heterocycles. The van der Waals surface area contributed by atoms with E-state index in [1.54, 1.807) is 0 Å². The Bertz CT molecular complexity index is 57.3. The van der Waals surface area contributed by atoms with E-state index in [0.29, 0.717) is 0 Å². The van der Waals surface area contributed by atoms with E-state index in [-0.39, 0.29) is 189 Å². The second kappa shape index (κ2) is 20.3. The Morgan fingerprint density at radius 2 is 1.00 bits per heavy atom. The summed E-state index contributed by atoms with van der Waals surface area (Å²) in [6, 6.07) is 0. The zero-order valence-corrected chi connectivity index (χ0v) is 18.5. The molecule has 0 radical (unpaired) electrons. The van der Waals surface area contributed by atoms with Gasteiger partial charge in [-0.15, -0.1) is 0 Å². The summed E-state index contributed by atoms with van der Waals surface area (Å²) in [5.74, 6) is 0. The van der Waals surface area contributed by atoms with Crippen LogP contribution in [-0.2, 0) is 0 Å². The summed E-state index contributed by atoms with van der Waals surface area (Å²) in [6.07, 6.45) is 0. The van der Waals surface area contributed by atoms with Gasteiger partial charge in [0.25, 0.3) is 0 Å². The van der Waals surface area contributed by atoms with Crippen molar-refractivity contribution >= 4 is 159 Å². The molecular formula is H14AlBaCaNaO4SiSr. The monoisotopic (exact) mass is 422 g/mol. The molecular weight excluding hydrogens is 407 g/mol. The molecule has 0 aromatic rings. The van der Waals surface area contributed by atoms with Crippen LogP contribution in [0, 0.1) is 0 Å². The Balaban J connectivity index is -0.00000000121. The zero-order valence-electron chi connectivity index (χ0n) is 12.4. The van der Waals surface area contributed by atoms with E-state index in [1.807, 2.05) is 0 Å². The molecule has 0 rings (SSSR count). The Morgan fingerprint density at radius 3 is 1.00 bits per heavy atom. The summed E-state index contributed by atoms with van der Waals surface area (Å²) in [5, 5.41) is 0. The van der Waals surface area contributed by atoms with Crippen LogP contribution >= 0.6 is 0 Å². The summed E-state index contributed by atoms with van der Waals surface area (Å²) in [7, 11) is -4.61. The van der Waals surface area contributed by atoms with Gasteiger partial charge in [0.1, 0.15) is 0 Å². The first-order valence-electron chi connectivity index (χ1n) is 0.894. The van der Waals surface area contributed by atoms with Crippen LogP contribution in [0.3, 0.4) is 0 Å². The molecule has 0 aliphatic rings. The first-order chi connectivity index (χ1) is 2.00. The Morgan fingerprint density at radius 1 is 1.00 bits per heavy atom. The maximum Gasteiger partial charge on any atom is 2.00 e. The van der Waals surface area contributed by atoms with Gasteiger partial charge in [0.05, 0.1) is 0 Å². The third-order valence-corrected chi connectivity index (χ3v) is 0. The van der Waals surface area contributed by atoms with Crippen molar-refractivity contribution < 1.29 is 58.7 Å². The van der Waals surface area contributed by atoms with Gasteiger partial charge in [0.2, 0.25) is 0 Å². The molecule has 0 aromatic heterocycles. The molecule has 0 bridgehead atoms. The number of hydrogen-bond acceptors (Lipinski definition) is 4. The number of hydrogen-bond donors (Lipinski definition) is 4. The number of rotatable bonds is 0. The van der Waals surface area contributed by atoms with Crippen LogP contribution in [0.5, 0.6) is 0 Å². The maximum atomic E-state index is 7.33. The van der Waals surface area contributed by atoms with Crippen LogP contribution in [-0.4, -0.2) is 178 Å². The average molecular weight is 421 g/mol. The molecule has 0 amide bonds. The second-order valence-electron chi connectivity index (χ2n) is 0.600. The van der Waals surface area contributed by atoms with Crippen LogP contribution in [0.1, 0.15) is 9.99 Å². The quantitative estimate of drug-likeness (QED) is 0.293. The van der Waals surface area contributed by atoms with E-state index in [4.69, 9.17) is 19.2 Å². The molecule has 4 nitrogen and oxygen atoms in total. The predicted molar refractivity (Wildman–Crippen MR) is 49.6 cm³/mol. The molecule has 0 fully saturated rings. The van der Waals surface area contributed by atoms with Crippen molar-refractivity contribution in [2.24, 2.45) is 0 Å². The van der Waals surface area contributed by atoms with E-state index in [1.165, 1.54) is 0 Å². The third kappa shape index (κ3) is 66.4. The second-order valence-corrected chi connectivity index (χ2v) is 1.80. The summed E-state index contributed by atoms with van der Waals surface area (Å²) in [4.78, 5) is 29.3. The van der Waals surface area contributed by atoms with Crippen LogP contribution in [0.15, 0.2) is 0 Å². The van der Waals surface area contributed by atoms with E-state index < -0.39 is 9.05 Å². The zero-order chi connectivity index (χ0) is 4.50. The summed E-state index contributed by atoms with van der Waals surface area (Å²) < 4.78 is 0. The molecule has 0 heterocycles. The van der Waals surface area contributed by atoms with Gasteiger partial charge >= 0.3 is 171 Å². The first-order valence-corrected chi connectivity index (χ1v) is 2.68. The maximum absolute atomic E-state index is 7.33. The van der Waals surface area contributed by atoms with Crippen molar-refractivity contribution in [3.8, 4) is 0 Å². The minimum atomic E-state index is -4.61. The van der Waals surface area contributed by atoms with Gasteiger partial charge in [-0.2, -0.15) is 0 Å². The minimum Gasteiger partial charge on any atom is -1.00 e. The Kier molecular flexibility index (Phi) is 73.2. The van der Waals surface area contributed by atoms with E-state index in [0.717, 1.165) is 0 Å². The largest absolute Gasteiger partial charge is 2.00 e. The minimum absolute atomic E-state index is 0. The van der Waals surface area contributed by atoms with Gasteiger partial charge in [0.15, 0.2) is 17.4 Å². The molecule has 0 saturated heterocycles. The molecule has 0 spiro atoms. The van der Waals surface area contributed by atoms with Crippen molar-refractivity contribution in [3.63, 3.8) is 0 Å². The molecule has 4 N–H and O–H groups in total. The standard InChI is InChI=1S/Al.Ba.Ca.Na.H4O4Si.Sr.10H/c;;;;1-5(2,3)4;;;;;;;;;;;/h;;;;1-4H;;;;;;;;;;;/q;2*+2;+1;;+2;;;;7*-1. The average Bonchev–Trinajstić information content (AvgIpc) is 0.722. The van der Waals surface area contributed by atoms with E-state index in [9.17, 15) is 0 Å². The Hall–Kier alpha value is 5.90. The fourth-order valence-electron chi connectivity index (χ4n) is 0. The first kappa shape index (κ1) is 36.0. The molecule has 0 atom stereocenters. The van der Waals surface area contributed by atoms with Crippen molar-refractivity contribution in [3.05, 3.63) is 0 Å². The normalized spacial score (nSPS) is 6.00. The van der Waals surface area contributed by atoms with Gasteiger partial charge in [-0.3, -0.25) is 0 Å². The molecule has 0 aromatic carbocycles. The van der Waals surface area contributed by atoms with Crippen LogP contribution in [0.2, 0.25) is 0 Å². The van der Waals surface area contributed by atoms with Crippen molar-refractivity contribution in [2.75, 3.05) is 0 Å². The Labute approximate surface area is 211 Å². The summed E-state index contributed by atoms with van der Waals surface area (Å²) in [5.41, 5.74) is 0. The van der Waals surface area contributed by atoms with E-state index in [2.05, 4.69) is 0 Å². The molecule has 52 valence electrons. The molecule has 0 aliphatic carbocycles.